The van der Waals surface area contributed by atoms with Crippen LogP contribution >= 0.6 is 11.3 Å². The molecule has 1 N–H and O–H groups in total. The lowest BCUT2D eigenvalue weighted by Crippen LogP contribution is -2.22. The SMILES string of the molecule is COc1cccc2cc(C(=O)NCc3cncc(-c4cccs4)c3)oc12. The number of amides is 1. The van der Waals surface area contributed by atoms with Gasteiger partial charge in [0.1, 0.15) is 0 Å². The van der Waals surface area contributed by atoms with Crippen LogP contribution in [0.2, 0.25) is 0 Å². The molecule has 0 bridgehead atoms. The first-order valence-electron chi connectivity index (χ1n) is 8.07. The quantitative estimate of drug-likeness (QED) is 0.566. The summed E-state index contributed by atoms with van der Waals surface area (Å²) in [5, 5.41) is 5.73. The molecule has 0 saturated heterocycles. The van der Waals surface area contributed by atoms with Gasteiger partial charge in [-0.2, -0.15) is 0 Å². The first-order chi connectivity index (χ1) is 12.7. The van der Waals surface area contributed by atoms with E-state index in [-0.39, 0.29) is 11.7 Å². The Morgan fingerprint density at radius 1 is 1.23 bits per heavy atom. The number of hydrogen-bond donors (Lipinski definition) is 1. The van der Waals surface area contributed by atoms with Crippen LogP contribution in [-0.4, -0.2) is 18.0 Å². The third-order valence-electron chi connectivity index (χ3n) is 4.01. The molecule has 1 amide bonds. The van der Waals surface area contributed by atoms with Crippen LogP contribution in [0.4, 0.5) is 0 Å². The Bertz CT molecular complexity index is 1050. The van der Waals surface area contributed by atoms with Gasteiger partial charge in [0, 0.05) is 34.8 Å². The molecule has 6 heteroatoms. The number of para-hydroxylation sites is 1. The molecule has 0 aliphatic heterocycles. The van der Waals surface area contributed by atoms with Gasteiger partial charge in [-0.25, -0.2) is 0 Å². The van der Waals surface area contributed by atoms with Crippen molar-refractivity contribution in [3.8, 4) is 16.2 Å². The Morgan fingerprint density at radius 3 is 2.96 bits per heavy atom. The lowest BCUT2D eigenvalue weighted by atomic mass is 10.2. The van der Waals surface area contributed by atoms with Crippen molar-refractivity contribution in [2.75, 3.05) is 7.11 Å². The highest BCUT2D eigenvalue weighted by Gasteiger charge is 2.14. The Morgan fingerprint density at radius 2 is 2.15 bits per heavy atom. The number of ether oxygens (including phenoxy) is 1. The Kier molecular flexibility index (Phi) is 4.41. The maximum atomic E-state index is 12.4. The zero-order chi connectivity index (χ0) is 17.9. The number of benzene rings is 1. The highest BCUT2D eigenvalue weighted by Crippen LogP contribution is 2.28. The van der Waals surface area contributed by atoms with Crippen LogP contribution in [0.1, 0.15) is 16.1 Å². The Balaban J connectivity index is 1.50. The number of carbonyl (C=O) groups is 1. The fraction of sp³-hybridized carbons (Fsp3) is 0.100. The van der Waals surface area contributed by atoms with E-state index in [9.17, 15) is 4.79 Å². The van der Waals surface area contributed by atoms with E-state index in [0.29, 0.717) is 17.9 Å². The molecular formula is C20H16N2O3S. The van der Waals surface area contributed by atoms with Crippen molar-refractivity contribution < 1.29 is 13.9 Å². The summed E-state index contributed by atoms with van der Waals surface area (Å²) >= 11 is 1.66. The van der Waals surface area contributed by atoms with E-state index < -0.39 is 0 Å². The number of nitrogens with zero attached hydrogens (tertiary/aromatic N) is 1. The first-order valence-corrected chi connectivity index (χ1v) is 8.95. The molecule has 0 radical (unpaired) electrons. The number of carbonyl (C=O) groups excluding carboxylic acids is 1. The Hall–Kier alpha value is -3.12. The molecule has 0 unspecified atom stereocenters. The number of methoxy groups -OCH3 is 1. The predicted molar refractivity (Wildman–Crippen MR) is 101 cm³/mol. The van der Waals surface area contributed by atoms with Gasteiger partial charge in [0.15, 0.2) is 17.1 Å². The van der Waals surface area contributed by atoms with E-state index in [2.05, 4.69) is 10.3 Å². The van der Waals surface area contributed by atoms with Crippen molar-refractivity contribution in [3.63, 3.8) is 0 Å². The molecule has 130 valence electrons. The summed E-state index contributed by atoms with van der Waals surface area (Å²) in [7, 11) is 1.57. The summed E-state index contributed by atoms with van der Waals surface area (Å²) in [6.45, 7) is 0.374. The number of nitrogens with one attached hydrogen (secondary N) is 1. The number of hydrogen-bond acceptors (Lipinski definition) is 5. The summed E-state index contributed by atoms with van der Waals surface area (Å²) in [6.07, 6.45) is 3.57. The molecule has 4 rings (SSSR count). The highest BCUT2D eigenvalue weighted by molar-refractivity contribution is 7.13. The van der Waals surface area contributed by atoms with Gasteiger partial charge in [-0.05, 0) is 35.2 Å². The fourth-order valence-electron chi connectivity index (χ4n) is 2.74. The van der Waals surface area contributed by atoms with Crippen molar-refractivity contribution >= 4 is 28.2 Å². The third kappa shape index (κ3) is 3.19. The number of pyridine rings is 1. The van der Waals surface area contributed by atoms with Crippen LogP contribution in [0.3, 0.4) is 0 Å². The largest absolute Gasteiger partial charge is 0.493 e. The molecule has 4 aromatic rings. The zero-order valence-electron chi connectivity index (χ0n) is 14.1. The molecule has 0 aliphatic rings. The lowest BCUT2D eigenvalue weighted by Gasteiger charge is -2.05. The van der Waals surface area contributed by atoms with Gasteiger partial charge in [-0.1, -0.05) is 18.2 Å². The second kappa shape index (κ2) is 7.01. The monoisotopic (exact) mass is 364 g/mol. The number of furan rings is 1. The van der Waals surface area contributed by atoms with E-state index in [1.165, 1.54) is 0 Å². The second-order valence-corrected chi connectivity index (χ2v) is 6.68. The molecule has 0 spiro atoms. The number of rotatable bonds is 5. The smallest absolute Gasteiger partial charge is 0.287 e. The predicted octanol–water partition coefficient (Wildman–Crippen LogP) is 4.49. The van der Waals surface area contributed by atoms with Crippen LogP contribution in [0.5, 0.6) is 5.75 Å². The highest BCUT2D eigenvalue weighted by atomic mass is 32.1. The van der Waals surface area contributed by atoms with Gasteiger partial charge in [0.05, 0.1) is 7.11 Å². The molecule has 1 aromatic carbocycles. The first kappa shape index (κ1) is 16.4. The number of fused-ring (bicyclic) bond motifs is 1. The van der Waals surface area contributed by atoms with E-state index in [1.807, 2.05) is 41.9 Å². The van der Waals surface area contributed by atoms with Crippen molar-refractivity contribution in [2.24, 2.45) is 0 Å². The summed E-state index contributed by atoms with van der Waals surface area (Å²) in [5.74, 6) is 0.589. The van der Waals surface area contributed by atoms with E-state index >= 15 is 0 Å². The topological polar surface area (TPSA) is 64.4 Å². The van der Waals surface area contributed by atoms with E-state index in [0.717, 1.165) is 21.4 Å². The summed E-state index contributed by atoms with van der Waals surface area (Å²) < 4.78 is 10.9. The standard InChI is InChI=1S/C20H16N2O3S/c1-24-16-5-2-4-14-9-17(25-19(14)16)20(23)22-11-13-8-15(12-21-10-13)18-6-3-7-26-18/h2-10,12H,11H2,1H3,(H,22,23). The Labute approximate surface area is 154 Å². The number of aromatic nitrogens is 1. The van der Waals surface area contributed by atoms with Gasteiger partial charge < -0.3 is 14.5 Å². The zero-order valence-corrected chi connectivity index (χ0v) is 14.9. The average Bonchev–Trinajstić information content (AvgIpc) is 3.35. The molecule has 26 heavy (non-hydrogen) atoms. The van der Waals surface area contributed by atoms with Gasteiger partial charge in [0.25, 0.3) is 5.91 Å². The van der Waals surface area contributed by atoms with Crippen molar-refractivity contribution in [1.29, 1.82) is 0 Å². The average molecular weight is 364 g/mol. The van der Waals surface area contributed by atoms with Crippen molar-refractivity contribution in [1.82, 2.24) is 10.3 Å². The van der Waals surface area contributed by atoms with Crippen molar-refractivity contribution in [2.45, 2.75) is 6.54 Å². The lowest BCUT2D eigenvalue weighted by molar-refractivity contribution is 0.0925. The van der Waals surface area contributed by atoms with Gasteiger partial charge in [-0.15, -0.1) is 11.3 Å². The third-order valence-corrected chi connectivity index (χ3v) is 4.92. The minimum atomic E-state index is -0.273. The van der Waals surface area contributed by atoms with E-state index in [4.69, 9.17) is 9.15 Å². The normalized spacial score (nSPS) is 10.8. The van der Waals surface area contributed by atoms with Crippen molar-refractivity contribution in [3.05, 3.63) is 71.6 Å². The van der Waals surface area contributed by atoms with Crippen LogP contribution < -0.4 is 10.1 Å². The fourth-order valence-corrected chi connectivity index (χ4v) is 3.45. The van der Waals surface area contributed by atoms with Gasteiger partial charge >= 0.3 is 0 Å². The molecule has 0 fully saturated rings. The van der Waals surface area contributed by atoms with E-state index in [1.54, 1.807) is 36.8 Å². The summed E-state index contributed by atoms with van der Waals surface area (Å²) in [6, 6.07) is 13.3. The minimum absolute atomic E-state index is 0.256. The minimum Gasteiger partial charge on any atom is -0.493 e. The molecule has 0 atom stereocenters. The van der Waals surface area contributed by atoms with Crippen LogP contribution in [0.25, 0.3) is 21.4 Å². The molecule has 0 aliphatic carbocycles. The second-order valence-electron chi connectivity index (χ2n) is 5.73. The molecule has 3 aromatic heterocycles. The summed E-state index contributed by atoms with van der Waals surface area (Å²) in [5.41, 5.74) is 2.54. The van der Waals surface area contributed by atoms with Crippen LogP contribution in [-0.2, 0) is 6.54 Å². The molecule has 3 heterocycles. The maximum absolute atomic E-state index is 12.4. The van der Waals surface area contributed by atoms with Crippen LogP contribution in [0, 0.1) is 0 Å². The van der Waals surface area contributed by atoms with Gasteiger partial charge in [0.2, 0.25) is 0 Å². The van der Waals surface area contributed by atoms with Gasteiger partial charge in [-0.3, -0.25) is 9.78 Å². The molecule has 5 nitrogen and oxygen atoms in total. The molecule has 0 saturated carbocycles. The molecular weight excluding hydrogens is 348 g/mol. The summed E-state index contributed by atoms with van der Waals surface area (Å²) in [4.78, 5) is 17.8. The maximum Gasteiger partial charge on any atom is 0.287 e. The number of thiophene rings is 1. The van der Waals surface area contributed by atoms with Crippen LogP contribution in [0.15, 0.2) is 64.7 Å².